The summed E-state index contributed by atoms with van der Waals surface area (Å²) < 4.78 is 4.59. The topological polar surface area (TPSA) is 77.0 Å². The number of pyridine rings is 1. The van der Waals surface area contributed by atoms with Crippen molar-refractivity contribution in [3.63, 3.8) is 0 Å². The van der Waals surface area contributed by atoms with Gasteiger partial charge in [-0.2, -0.15) is 0 Å². The Morgan fingerprint density at radius 3 is 3.00 bits per heavy atom. The molecule has 2 rings (SSSR count). The number of ether oxygens (including phenoxy) is 1. The zero-order valence-corrected chi connectivity index (χ0v) is 10.5. The first-order valence-electron chi connectivity index (χ1n) is 5.84. The van der Waals surface area contributed by atoms with E-state index < -0.39 is 5.97 Å². The van der Waals surface area contributed by atoms with Crippen molar-refractivity contribution >= 4 is 11.8 Å². The predicted molar refractivity (Wildman–Crippen MR) is 69.8 cm³/mol. The molecule has 6 heteroatoms. The van der Waals surface area contributed by atoms with E-state index in [1.54, 1.807) is 12.4 Å². The number of nitrogens with one attached hydrogen (secondary N) is 1. The molecule has 0 spiro atoms. The predicted octanol–water partition coefficient (Wildman–Crippen LogP) is 1.31. The van der Waals surface area contributed by atoms with E-state index in [0.29, 0.717) is 12.4 Å². The summed E-state index contributed by atoms with van der Waals surface area (Å²) in [5, 5.41) is 3.09. The summed E-state index contributed by atoms with van der Waals surface area (Å²) in [6.07, 6.45) is 5.46. The molecule has 0 amide bonds. The minimum absolute atomic E-state index is 0.185. The molecule has 0 saturated heterocycles. The van der Waals surface area contributed by atoms with Gasteiger partial charge in [0.2, 0.25) is 0 Å². The van der Waals surface area contributed by atoms with Gasteiger partial charge in [0.25, 0.3) is 0 Å². The van der Waals surface area contributed by atoms with E-state index in [9.17, 15) is 4.79 Å². The van der Waals surface area contributed by atoms with Crippen molar-refractivity contribution in [3.8, 4) is 0 Å². The van der Waals surface area contributed by atoms with Crippen LogP contribution in [-0.4, -0.2) is 34.6 Å². The minimum atomic E-state index is -0.499. The van der Waals surface area contributed by atoms with Crippen molar-refractivity contribution in [1.29, 1.82) is 0 Å². The second kappa shape index (κ2) is 6.44. The van der Waals surface area contributed by atoms with Crippen molar-refractivity contribution in [3.05, 3.63) is 48.2 Å². The van der Waals surface area contributed by atoms with Crippen molar-refractivity contribution in [2.75, 3.05) is 19.0 Å². The lowest BCUT2D eigenvalue weighted by Gasteiger charge is -2.05. The minimum Gasteiger partial charge on any atom is -0.464 e. The first-order chi connectivity index (χ1) is 9.29. The largest absolute Gasteiger partial charge is 0.464 e. The highest BCUT2D eigenvalue weighted by Crippen LogP contribution is 2.04. The molecule has 0 aliphatic heterocycles. The van der Waals surface area contributed by atoms with Gasteiger partial charge in [-0.25, -0.2) is 9.78 Å². The first-order valence-corrected chi connectivity index (χ1v) is 5.84. The summed E-state index contributed by atoms with van der Waals surface area (Å²) in [7, 11) is 1.31. The van der Waals surface area contributed by atoms with Crippen LogP contribution in [0.2, 0.25) is 0 Å². The average molecular weight is 258 g/mol. The van der Waals surface area contributed by atoms with Gasteiger partial charge in [-0.15, -0.1) is 0 Å². The quantitative estimate of drug-likeness (QED) is 0.815. The molecule has 0 aliphatic rings. The van der Waals surface area contributed by atoms with Gasteiger partial charge in [-0.05, 0) is 12.1 Å². The van der Waals surface area contributed by atoms with Crippen LogP contribution in [0.4, 0.5) is 5.82 Å². The van der Waals surface area contributed by atoms with Crippen molar-refractivity contribution in [2.45, 2.75) is 6.42 Å². The molecule has 98 valence electrons. The van der Waals surface area contributed by atoms with Gasteiger partial charge >= 0.3 is 5.97 Å². The zero-order chi connectivity index (χ0) is 13.5. The maximum atomic E-state index is 11.3. The fourth-order valence-electron chi connectivity index (χ4n) is 1.52. The van der Waals surface area contributed by atoms with E-state index in [1.807, 2.05) is 18.2 Å². The maximum absolute atomic E-state index is 11.3. The molecule has 1 N–H and O–H groups in total. The van der Waals surface area contributed by atoms with Crippen LogP contribution >= 0.6 is 0 Å². The second-order valence-corrected chi connectivity index (χ2v) is 3.78. The van der Waals surface area contributed by atoms with E-state index in [-0.39, 0.29) is 5.69 Å². The lowest BCUT2D eigenvalue weighted by molar-refractivity contribution is 0.0593. The number of esters is 1. The maximum Gasteiger partial charge on any atom is 0.358 e. The van der Waals surface area contributed by atoms with Crippen LogP contribution in [0, 0.1) is 0 Å². The molecule has 2 aromatic heterocycles. The average Bonchev–Trinajstić information content (AvgIpc) is 2.48. The third-order valence-corrected chi connectivity index (χ3v) is 2.44. The van der Waals surface area contributed by atoms with E-state index in [1.165, 1.54) is 13.3 Å². The summed E-state index contributed by atoms with van der Waals surface area (Å²) in [4.78, 5) is 23.6. The van der Waals surface area contributed by atoms with Crippen LogP contribution in [0.5, 0.6) is 0 Å². The SMILES string of the molecule is COC(=O)c1cncc(NCCc2ccccn2)n1. The smallest absolute Gasteiger partial charge is 0.358 e. The van der Waals surface area contributed by atoms with Crippen LogP contribution < -0.4 is 5.32 Å². The highest BCUT2D eigenvalue weighted by molar-refractivity contribution is 5.87. The van der Waals surface area contributed by atoms with E-state index in [0.717, 1.165) is 12.1 Å². The summed E-state index contributed by atoms with van der Waals surface area (Å²) in [5.41, 5.74) is 1.18. The number of carbonyl (C=O) groups excluding carboxylic acids is 1. The highest BCUT2D eigenvalue weighted by Gasteiger charge is 2.08. The standard InChI is InChI=1S/C13H14N4O2/c1-19-13(18)11-8-14-9-12(17-11)16-7-5-10-4-2-3-6-15-10/h2-4,6,8-9H,5,7H2,1H3,(H,16,17). The van der Waals surface area contributed by atoms with Crippen LogP contribution in [0.25, 0.3) is 0 Å². The third kappa shape index (κ3) is 3.74. The number of hydrogen-bond donors (Lipinski definition) is 1. The summed E-state index contributed by atoms with van der Waals surface area (Å²) in [5.74, 6) is 0.0414. The molecule has 19 heavy (non-hydrogen) atoms. The molecule has 0 aromatic carbocycles. The Hall–Kier alpha value is -2.50. The molecule has 2 aromatic rings. The Balaban J connectivity index is 1.91. The molecule has 0 aliphatic carbocycles. The molecule has 6 nitrogen and oxygen atoms in total. The third-order valence-electron chi connectivity index (χ3n) is 2.44. The molecule has 0 radical (unpaired) electrons. The Morgan fingerprint density at radius 1 is 1.37 bits per heavy atom. The van der Waals surface area contributed by atoms with E-state index in [2.05, 4.69) is 25.0 Å². The number of aromatic nitrogens is 3. The Kier molecular flexibility index (Phi) is 4.39. The van der Waals surface area contributed by atoms with Gasteiger partial charge < -0.3 is 10.1 Å². The lowest BCUT2D eigenvalue weighted by atomic mass is 10.3. The fourth-order valence-corrected chi connectivity index (χ4v) is 1.52. The molecule has 0 unspecified atom stereocenters. The normalized spacial score (nSPS) is 9.95. The van der Waals surface area contributed by atoms with E-state index in [4.69, 9.17) is 0 Å². The molecular weight excluding hydrogens is 244 g/mol. The molecule has 0 fully saturated rings. The van der Waals surface area contributed by atoms with Crippen LogP contribution in [0.3, 0.4) is 0 Å². The van der Waals surface area contributed by atoms with Gasteiger partial charge in [-0.1, -0.05) is 6.07 Å². The van der Waals surface area contributed by atoms with Gasteiger partial charge in [-0.3, -0.25) is 9.97 Å². The Morgan fingerprint density at radius 2 is 2.26 bits per heavy atom. The number of methoxy groups -OCH3 is 1. The summed E-state index contributed by atoms with van der Waals surface area (Å²) >= 11 is 0. The molecule has 0 atom stereocenters. The Labute approximate surface area is 110 Å². The van der Waals surface area contributed by atoms with Gasteiger partial charge in [0.15, 0.2) is 5.69 Å². The summed E-state index contributed by atoms with van der Waals surface area (Å²) in [6, 6.07) is 5.78. The number of hydrogen-bond acceptors (Lipinski definition) is 6. The number of nitrogens with zero attached hydrogens (tertiary/aromatic N) is 3. The molecule has 0 saturated carbocycles. The first kappa shape index (κ1) is 12.9. The number of anilines is 1. The molecule has 2 heterocycles. The highest BCUT2D eigenvalue weighted by atomic mass is 16.5. The van der Waals surface area contributed by atoms with Crippen molar-refractivity contribution < 1.29 is 9.53 Å². The molecule has 0 bridgehead atoms. The van der Waals surface area contributed by atoms with Gasteiger partial charge in [0, 0.05) is 24.9 Å². The van der Waals surface area contributed by atoms with Gasteiger partial charge in [0.1, 0.15) is 5.82 Å². The van der Waals surface area contributed by atoms with Crippen molar-refractivity contribution in [1.82, 2.24) is 15.0 Å². The zero-order valence-electron chi connectivity index (χ0n) is 10.5. The number of rotatable bonds is 5. The van der Waals surface area contributed by atoms with Crippen LogP contribution in [0.15, 0.2) is 36.8 Å². The Bertz CT molecular complexity index is 545. The monoisotopic (exact) mass is 258 g/mol. The number of carbonyl (C=O) groups is 1. The van der Waals surface area contributed by atoms with Crippen molar-refractivity contribution in [2.24, 2.45) is 0 Å². The fraction of sp³-hybridized carbons (Fsp3) is 0.231. The van der Waals surface area contributed by atoms with Crippen LogP contribution in [0.1, 0.15) is 16.2 Å². The van der Waals surface area contributed by atoms with Crippen LogP contribution in [-0.2, 0) is 11.2 Å². The second-order valence-electron chi connectivity index (χ2n) is 3.78. The van der Waals surface area contributed by atoms with E-state index >= 15 is 0 Å². The lowest BCUT2D eigenvalue weighted by Crippen LogP contribution is -2.11. The van der Waals surface area contributed by atoms with Gasteiger partial charge in [0.05, 0.1) is 19.5 Å². The summed E-state index contributed by atoms with van der Waals surface area (Å²) in [6.45, 7) is 0.663. The molecular formula is C13H14N4O2.